The highest BCUT2D eigenvalue weighted by Crippen LogP contribution is 2.44. The number of benzene rings is 9. The molecular formula is C50H35N. The molecule has 1 nitrogen and oxygen atoms in total. The summed E-state index contributed by atoms with van der Waals surface area (Å²) in [6.45, 7) is 0. The first-order valence-corrected chi connectivity index (χ1v) is 17.5. The predicted octanol–water partition coefficient (Wildman–Crippen LogP) is 14.1. The average molecular weight is 650 g/mol. The molecular weight excluding hydrogens is 615 g/mol. The quantitative estimate of drug-likeness (QED) is 0.166. The number of para-hydroxylation sites is 1. The first kappa shape index (κ1) is 30.4. The molecule has 0 aliphatic rings. The van der Waals surface area contributed by atoms with Crippen LogP contribution in [0.5, 0.6) is 0 Å². The van der Waals surface area contributed by atoms with Crippen LogP contribution in [0.1, 0.15) is 0 Å². The lowest BCUT2D eigenvalue weighted by atomic mass is 9.95. The Morgan fingerprint density at radius 2 is 0.706 bits per heavy atom. The Kier molecular flexibility index (Phi) is 7.92. The maximum atomic E-state index is 2.42. The van der Waals surface area contributed by atoms with Gasteiger partial charge in [-0.25, -0.2) is 0 Å². The Morgan fingerprint density at radius 1 is 0.255 bits per heavy atom. The van der Waals surface area contributed by atoms with Crippen molar-refractivity contribution in [2.75, 3.05) is 4.90 Å². The Balaban J connectivity index is 1.16. The fraction of sp³-hybridized carbons (Fsp3) is 0. The zero-order valence-corrected chi connectivity index (χ0v) is 28.2. The van der Waals surface area contributed by atoms with Crippen molar-refractivity contribution in [2.45, 2.75) is 0 Å². The number of nitrogens with zero attached hydrogens (tertiary/aromatic N) is 1. The third kappa shape index (κ3) is 5.86. The van der Waals surface area contributed by atoms with Gasteiger partial charge in [0.1, 0.15) is 0 Å². The summed E-state index contributed by atoms with van der Waals surface area (Å²) in [5, 5.41) is 4.95. The van der Waals surface area contributed by atoms with E-state index in [9.17, 15) is 0 Å². The summed E-state index contributed by atoms with van der Waals surface area (Å²) in [4.78, 5) is 2.42. The second-order valence-electron chi connectivity index (χ2n) is 13.0. The van der Waals surface area contributed by atoms with Crippen LogP contribution in [0.25, 0.3) is 66.1 Å². The van der Waals surface area contributed by atoms with Gasteiger partial charge >= 0.3 is 0 Å². The molecule has 0 fully saturated rings. The maximum absolute atomic E-state index is 2.42. The summed E-state index contributed by atoms with van der Waals surface area (Å²) >= 11 is 0. The predicted molar refractivity (Wildman–Crippen MR) is 218 cm³/mol. The molecule has 0 aliphatic carbocycles. The van der Waals surface area contributed by atoms with E-state index in [0.29, 0.717) is 0 Å². The second kappa shape index (κ2) is 13.3. The van der Waals surface area contributed by atoms with Gasteiger partial charge in [-0.2, -0.15) is 0 Å². The highest BCUT2D eigenvalue weighted by molar-refractivity contribution is 6.01. The molecule has 0 atom stereocenters. The van der Waals surface area contributed by atoms with Crippen LogP contribution in [-0.2, 0) is 0 Å². The van der Waals surface area contributed by atoms with Crippen molar-refractivity contribution in [3.63, 3.8) is 0 Å². The van der Waals surface area contributed by atoms with E-state index in [4.69, 9.17) is 0 Å². The van der Waals surface area contributed by atoms with Crippen molar-refractivity contribution in [1.82, 2.24) is 0 Å². The number of rotatable bonds is 7. The van der Waals surface area contributed by atoms with E-state index < -0.39 is 0 Å². The Bertz CT molecular complexity index is 2630. The molecule has 1 heteroatoms. The smallest absolute Gasteiger partial charge is 0.0540 e. The average Bonchev–Trinajstić information content (AvgIpc) is 3.22. The molecule has 0 aliphatic heterocycles. The summed E-state index contributed by atoms with van der Waals surface area (Å²) in [6, 6.07) is 76.6. The van der Waals surface area contributed by atoms with E-state index in [-0.39, 0.29) is 0 Å². The Morgan fingerprint density at radius 3 is 1.45 bits per heavy atom. The molecule has 9 aromatic carbocycles. The Hall–Kier alpha value is -6.70. The molecule has 0 saturated heterocycles. The fourth-order valence-electron chi connectivity index (χ4n) is 7.37. The molecule has 0 bridgehead atoms. The first-order chi connectivity index (χ1) is 25.3. The van der Waals surface area contributed by atoms with Gasteiger partial charge in [-0.3, -0.25) is 0 Å². The van der Waals surface area contributed by atoms with Gasteiger partial charge in [0.25, 0.3) is 0 Å². The third-order valence-corrected chi connectivity index (χ3v) is 9.86. The highest BCUT2D eigenvalue weighted by Gasteiger charge is 2.19. The molecule has 0 aromatic heterocycles. The van der Waals surface area contributed by atoms with Crippen molar-refractivity contribution >= 4 is 38.6 Å². The zero-order valence-electron chi connectivity index (χ0n) is 28.2. The minimum absolute atomic E-state index is 1.10. The van der Waals surface area contributed by atoms with Crippen LogP contribution in [0.15, 0.2) is 212 Å². The van der Waals surface area contributed by atoms with Gasteiger partial charge in [0.2, 0.25) is 0 Å². The van der Waals surface area contributed by atoms with Gasteiger partial charge < -0.3 is 4.90 Å². The summed E-state index contributed by atoms with van der Waals surface area (Å²) < 4.78 is 0. The largest absolute Gasteiger partial charge is 0.309 e. The van der Waals surface area contributed by atoms with Gasteiger partial charge in [0.15, 0.2) is 0 Å². The zero-order chi connectivity index (χ0) is 34.0. The molecule has 0 unspecified atom stereocenters. The summed E-state index contributed by atoms with van der Waals surface area (Å²) in [7, 11) is 0. The van der Waals surface area contributed by atoms with Crippen molar-refractivity contribution < 1.29 is 0 Å². The monoisotopic (exact) mass is 649 g/mol. The molecule has 0 amide bonds. The number of hydrogen-bond donors (Lipinski definition) is 0. The van der Waals surface area contributed by atoms with Gasteiger partial charge in [0, 0.05) is 16.6 Å². The van der Waals surface area contributed by atoms with Crippen LogP contribution < -0.4 is 4.90 Å². The molecule has 0 spiro atoms. The van der Waals surface area contributed by atoms with E-state index in [0.717, 1.165) is 17.1 Å². The molecule has 9 rings (SSSR count). The number of fused-ring (bicyclic) bond motifs is 2. The van der Waals surface area contributed by atoms with Crippen LogP contribution in [0.3, 0.4) is 0 Å². The van der Waals surface area contributed by atoms with Crippen LogP contribution in [0.2, 0.25) is 0 Å². The summed E-state index contributed by atoms with van der Waals surface area (Å²) in [5.41, 5.74) is 13.0. The number of anilines is 3. The summed E-state index contributed by atoms with van der Waals surface area (Å²) in [6.07, 6.45) is 0. The van der Waals surface area contributed by atoms with Crippen LogP contribution in [0, 0.1) is 0 Å². The van der Waals surface area contributed by atoms with E-state index in [1.54, 1.807) is 0 Å². The summed E-state index contributed by atoms with van der Waals surface area (Å²) in [5.74, 6) is 0. The van der Waals surface area contributed by atoms with Crippen LogP contribution in [-0.4, -0.2) is 0 Å². The van der Waals surface area contributed by atoms with Gasteiger partial charge in [-0.05, 0) is 91.5 Å². The van der Waals surface area contributed by atoms with Crippen molar-refractivity contribution in [3.8, 4) is 44.5 Å². The molecule has 0 radical (unpaired) electrons. The van der Waals surface area contributed by atoms with Gasteiger partial charge in [0.05, 0.1) is 11.4 Å². The minimum Gasteiger partial charge on any atom is -0.309 e. The molecule has 0 heterocycles. The number of hydrogen-bond acceptors (Lipinski definition) is 1. The van der Waals surface area contributed by atoms with E-state index in [1.165, 1.54) is 66.1 Å². The lowest BCUT2D eigenvalue weighted by Gasteiger charge is -2.29. The van der Waals surface area contributed by atoms with E-state index in [2.05, 4.69) is 217 Å². The van der Waals surface area contributed by atoms with Gasteiger partial charge in [-0.1, -0.05) is 176 Å². The highest BCUT2D eigenvalue weighted by atomic mass is 15.1. The van der Waals surface area contributed by atoms with E-state index in [1.807, 2.05) is 0 Å². The van der Waals surface area contributed by atoms with Crippen molar-refractivity contribution in [3.05, 3.63) is 212 Å². The Labute approximate surface area is 299 Å². The molecule has 0 saturated carbocycles. The molecule has 240 valence electrons. The standard InChI is InChI=1S/C50H35N/c1-2-14-36(15-3-1)40-20-11-23-43(35-40)48-26-8-9-28-49(48)51(50-29-13-19-39-17-5-7-25-47(39)50)44-32-30-37(31-33-44)41-21-10-22-42(34-41)46-27-12-18-38-16-4-6-24-45(38)46/h1-35H. The van der Waals surface area contributed by atoms with Crippen molar-refractivity contribution in [2.24, 2.45) is 0 Å². The minimum atomic E-state index is 1.10. The maximum Gasteiger partial charge on any atom is 0.0540 e. The van der Waals surface area contributed by atoms with Crippen molar-refractivity contribution in [1.29, 1.82) is 0 Å². The van der Waals surface area contributed by atoms with E-state index >= 15 is 0 Å². The normalized spacial score (nSPS) is 11.1. The molecule has 51 heavy (non-hydrogen) atoms. The first-order valence-electron chi connectivity index (χ1n) is 17.5. The SMILES string of the molecule is c1ccc(-c2cccc(-c3ccccc3N(c3ccc(-c4cccc(-c5cccc6ccccc56)c4)cc3)c3cccc4ccccc34)c2)cc1. The fourth-order valence-corrected chi connectivity index (χ4v) is 7.37. The molecule has 0 N–H and O–H groups in total. The lowest BCUT2D eigenvalue weighted by Crippen LogP contribution is -2.11. The topological polar surface area (TPSA) is 3.24 Å². The third-order valence-electron chi connectivity index (χ3n) is 9.86. The molecule has 9 aromatic rings. The second-order valence-corrected chi connectivity index (χ2v) is 13.0. The van der Waals surface area contributed by atoms with Gasteiger partial charge in [-0.15, -0.1) is 0 Å². The van der Waals surface area contributed by atoms with Crippen LogP contribution >= 0.6 is 0 Å². The lowest BCUT2D eigenvalue weighted by molar-refractivity contribution is 1.30. The van der Waals surface area contributed by atoms with Crippen LogP contribution in [0.4, 0.5) is 17.1 Å².